The van der Waals surface area contributed by atoms with Gasteiger partial charge in [-0.05, 0) is 38.0 Å². The molecule has 0 aromatic heterocycles. The van der Waals surface area contributed by atoms with Gasteiger partial charge in [0.2, 0.25) is 0 Å². The Bertz CT molecular complexity index is 375. The molecule has 0 spiro atoms. The molecule has 0 amide bonds. The van der Waals surface area contributed by atoms with Crippen molar-refractivity contribution in [1.82, 2.24) is 5.32 Å². The lowest BCUT2D eigenvalue weighted by Crippen LogP contribution is -2.26. The Hall–Kier alpha value is -1.46. The van der Waals surface area contributed by atoms with Crippen LogP contribution >= 0.6 is 0 Å². The molecule has 0 radical (unpaired) electrons. The minimum Gasteiger partial charge on any atom is -0.491 e. The third-order valence-electron chi connectivity index (χ3n) is 2.63. The average Bonchev–Trinajstić information content (AvgIpc) is 2.35. The van der Waals surface area contributed by atoms with Crippen LogP contribution in [0.4, 0.5) is 0 Å². The number of rotatable bonds is 7. The zero-order valence-electron chi connectivity index (χ0n) is 11.6. The van der Waals surface area contributed by atoms with E-state index in [0.717, 1.165) is 25.1 Å². The summed E-state index contributed by atoms with van der Waals surface area (Å²) in [6.07, 6.45) is 7.80. The molecule has 1 unspecified atom stereocenters. The van der Waals surface area contributed by atoms with E-state index < -0.39 is 0 Å². The van der Waals surface area contributed by atoms with Crippen LogP contribution in [0, 0.1) is 12.3 Å². The Morgan fingerprint density at radius 1 is 1.28 bits per heavy atom. The van der Waals surface area contributed by atoms with Gasteiger partial charge in [-0.1, -0.05) is 31.4 Å². The van der Waals surface area contributed by atoms with E-state index in [4.69, 9.17) is 11.2 Å². The molecular formula is C16H23NO. The zero-order valence-corrected chi connectivity index (χ0v) is 11.6. The first kappa shape index (κ1) is 14.6. The number of benzene rings is 1. The summed E-state index contributed by atoms with van der Waals surface area (Å²) in [7, 11) is 0. The molecule has 0 bridgehead atoms. The molecule has 0 aliphatic heterocycles. The second kappa shape index (κ2) is 7.79. The van der Waals surface area contributed by atoms with Crippen LogP contribution < -0.4 is 10.1 Å². The van der Waals surface area contributed by atoms with Crippen molar-refractivity contribution in [3.63, 3.8) is 0 Å². The summed E-state index contributed by atoms with van der Waals surface area (Å²) >= 11 is 0. The predicted octanol–water partition coefficient (Wildman–Crippen LogP) is 3.37. The molecule has 1 aromatic rings. The molecule has 2 nitrogen and oxygen atoms in total. The van der Waals surface area contributed by atoms with Gasteiger partial charge in [-0.25, -0.2) is 0 Å². The Morgan fingerprint density at radius 3 is 2.44 bits per heavy atom. The highest BCUT2D eigenvalue weighted by atomic mass is 16.5. The number of hydrogen-bond donors (Lipinski definition) is 1. The maximum atomic E-state index is 5.60. The fraction of sp³-hybridized carbons (Fsp3) is 0.500. The highest BCUT2D eigenvalue weighted by Crippen LogP contribution is 2.13. The van der Waals surface area contributed by atoms with Gasteiger partial charge in [0.1, 0.15) is 5.75 Å². The van der Waals surface area contributed by atoms with E-state index in [2.05, 4.69) is 30.3 Å². The molecular weight excluding hydrogens is 222 g/mol. The van der Waals surface area contributed by atoms with Crippen LogP contribution in [0.2, 0.25) is 0 Å². The molecule has 1 aromatic carbocycles. The van der Waals surface area contributed by atoms with E-state index in [0.29, 0.717) is 0 Å². The highest BCUT2D eigenvalue weighted by Gasteiger charge is 2.03. The number of hydrogen-bond acceptors (Lipinski definition) is 2. The number of terminal acetylenes is 1. The van der Waals surface area contributed by atoms with Gasteiger partial charge in [-0.15, -0.1) is 6.42 Å². The van der Waals surface area contributed by atoms with Gasteiger partial charge in [0.25, 0.3) is 0 Å². The van der Waals surface area contributed by atoms with E-state index in [9.17, 15) is 0 Å². The lowest BCUT2D eigenvalue weighted by atomic mass is 10.1. The fourth-order valence-electron chi connectivity index (χ4n) is 1.73. The molecule has 98 valence electrons. The lowest BCUT2D eigenvalue weighted by Gasteiger charge is -2.13. The summed E-state index contributed by atoms with van der Waals surface area (Å²) in [5.41, 5.74) is 1.22. The summed E-state index contributed by atoms with van der Waals surface area (Å²) in [5.74, 6) is 3.69. The normalized spacial score (nSPS) is 12.2. The minimum atomic E-state index is 0.168. The van der Waals surface area contributed by atoms with Crippen molar-refractivity contribution in [2.45, 2.75) is 52.3 Å². The fourth-order valence-corrected chi connectivity index (χ4v) is 1.73. The molecule has 2 heteroatoms. The maximum absolute atomic E-state index is 5.60. The van der Waals surface area contributed by atoms with Crippen LogP contribution in [0.15, 0.2) is 24.3 Å². The largest absolute Gasteiger partial charge is 0.491 e. The highest BCUT2D eigenvalue weighted by molar-refractivity contribution is 5.27. The smallest absolute Gasteiger partial charge is 0.119 e. The first-order chi connectivity index (χ1) is 8.65. The summed E-state index contributed by atoms with van der Waals surface area (Å²) in [4.78, 5) is 0. The standard InChI is InChI=1S/C16H23NO/c1-5-7-15(6-2)17-12-14-8-10-16(11-9-14)18-13(3)4/h2,8-11,13,15,17H,5,7,12H2,1,3-4H3. The number of ether oxygens (including phenoxy) is 1. The van der Waals surface area contributed by atoms with E-state index in [1.54, 1.807) is 0 Å². The molecule has 0 aliphatic rings. The van der Waals surface area contributed by atoms with E-state index in [-0.39, 0.29) is 12.1 Å². The Kier molecular flexibility index (Phi) is 6.32. The quantitative estimate of drug-likeness (QED) is 0.744. The van der Waals surface area contributed by atoms with E-state index in [1.807, 2.05) is 26.0 Å². The average molecular weight is 245 g/mol. The van der Waals surface area contributed by atoms with Crippen molar-refractivity contribution in [3.05, 3.63) is 29.8 Å². The first-order valence-corrected chi connectivity index (χ1v) is 6.60. The molecule has 1 atom stereocenters. The molecule has 0 saturated heterocycles. The van der Waals surface area contributed by atoms with E-state index in [1.165, 1.54) is 5.56 Å². The lowest BCUT2D eigenvalue weighted by molar-refractivity contribution is 0.242. The van der Waals surface area contributed by atoms with Crippen molar-refractivity contribution in [2.75, 3.05) is 0 Å². The van der Waals surface area contributed by atoms with Crippen molar-refractivity contribution in [2.24, 2.45) is 0 Å². The van der Waals surface area contributed by atoms with Gasteiger partial charge in [0, 0.05) is 6.54 Å². The maximum Gasteiger partial charge on any atom is 0.119 e. The molecule has 0 aliphatic carbocycles. The second-order valence-electron chi connectivity index (χ2n) is 4.70. The molecule has 0 heterocycles. The van der Waals surface area contributed by atoms with Gasteiger partial charge in [0.05, 0.1) is 12.1 Å². The van der Waals surface area contributed by atoms with Crippen molar-refractivity contribution >= 4 is 0 Å². The van der Waals surface area contributed by atoms with Crippen LogP contribution in [0.5, 0.6) is 5.75 Å². The summed E-state index contributed by atoms with van der Waals surface area (Å²) < 4.78 is 5.60. The molecule has 1 N–H and O–H groups in total. The van der Waals surface area contributed by atoms with Crippen molar-refractivity contribution in [1.29, 1.82) is 0 Å². The third-order valence-corrected chi connectivity index (χ3v) is 2.63. The van der Waals surface area contributed by atoms with Crippen LogP contribution in [0.1, 0.15) is 39.2 Å². The Labute approximate surface area is 111 Å². The second-order valence-corrected chi connectivity index (χ2v) is 4.70. The SMILES string of the molecule is C#CC(CCC)NCc1ccc(OC(C)C)cc1. The Morgan fingerprint density at radius 2 is 1.94 bits per heavy atom. The zero-order chi connectivity index (χ0) is 13.4. The van der Waals surface area contributed by atoms with E-state index >= 15 is 0 Å². The van der Waals surface area contributed by atoms with Crippen molar-refractivity contribution in [3.8, 4) is 18.1 Å². The van der Waals surface area contributed by atoms with Gasteiger partial charge >= 0.3 is 0 Å². The molecule has 0 fully saturated rings. The molecule has 0 saturated carbocycles. The summed E-state index contributed by atoms with van der Waals surface area (Å²) in [6, 6.07) is 8.32. The predicted molar refractivity (Wildman–Crippen MR) is 76.6 cm³/mol. The minimum absolute atomic E-state index is 0.168. The van der Waals surface area contributed by atoms with Gasteiger partial charge in [0.15, 0.2) is 0 Å². The summed E-state index contributed by atoms with van der Waals surface area (Å²) in [6.45, 7) is 7.00. The van der Waals surface area contributed by atoms with Crippen molar-refractivity contribution < 1.29 is 4.74 Å². The van der Waals surface area contributed by atoms with Gasteiger partial charge in [-0.3, -0.25) is 5.32 Å². The monoisotopic (exact) mass is 245 g/mol. The van der Waals surface area contributed by atoms with Gasteiger partial charge < -0.3 is 4.74 Å². The van der Waals surface area contributed by atoms with Crippen LogP contribution in [-0.2, 0) is 6.54 Å². The van der Waals surface area contributed by atoms with Gasteiger partial charge in [-0.2, -0.15) is 0 Å². The van der Waals surface area contributed by atoms with Crippen LogP contribution in [0.3, 0.4) is 0 Å². The number of nitrogens with one attached hydrogen (secondary N) is 1. The first-order valence-electron chi connectivity index (χ1n) is 6.60. The van der Waals surface area contributed by atoms with Crippen LogP contribution in [-0.4, -0.2) is 12.1 Å². The van der Waals surface area contributed by atoms with Crippen LogP contribution in [0.25, 0.3) is 0 Å². The molecule has 18 heavy (non-hydrogen) atoms. The topological polar surface area (TPSA) is 21.3 Å². The summed E-state index contributed by atoms with van der Waals surface area (Å²) in [5, 5.41) is 3.37. The molecule has 1 rings (SSSR count). The third kappa shape index (κ3) is 5.25. The Balaban J connectivity index is 2.46.